The normalized spacial score (nSPS) is 11.8. The molecule has 0 aliphatic rings. The van der Waals surface area contributed by atoms with E-state index in [9.17, 15) is 4.79 Å². The van der Waals surface area contributed by atoms with E-state index in [-0.39, 0.29) is 5.91 Å². The first-order valence-corrected chi connectivity index (χ1v) is 6.95. The lowest BCUT2D eigenvalue weighted by atomic mass is 10.1. The fraction of sp³-hybridized carbons (Fsp3) is 0.533. The summed E-state index contributed by atoms with van der Waals surface area (Å²) in [7, 11) is 3.30. The zero-order valence-electron chi connectivity index (χ0n) is 12.8. The molecule has 5 heteroatoms. The standard InChI is InChI=1S/C15H24N2O3/c1-5-16-15(18)11-17(6-2)10-12-9-13(19-3)7-8-14(12)20-4/h7-9H,5-6,10-11H2,1-4H3,(H,16,18)/p+1. The molecule has 112 valence electrons. The van der Waals surface area contributed by atoms with Crippen molar-refractivity contribution in [3.05, 3.63) is 23.8 Å². The van der Waals surface area contributed by atoms with Crippen molar-refractivity contribution < 1.29 is 19.2 Å². The van der Waals surface area contributed by atoms with Crippen LogP contribution in [0.15, 0.2) is 18.2 Å². The summed E-state index contributed by atoms with van der Waals surface area (Å²) in [6.07, 6.45) is 0. The lowest BCUT2D eigenvalue weighted by Gasteiger charge is -2.19. The molecule has 0 spiro atoms. The molecular formula is C15H25N2O3+. The number of hydrogen-bond donors (Lipinski definition) is 2. The third kappa shape index (κ3) is 4.74. The molecule has 0 aliphatic heterocycles. The molecule has 20 heavy (non-hydrogen) atoms. The van der Waals surface area contributed by atoms with Crippen molar-refractivity contribution in [2.75, 3.05) is 33.9 Å². The van der Waals surface area contributed by atoms with Crippen LogP contribution in [0.1, 0.15) is 19.4 Å². The van der Waals surface area contributed by atoms with Gasteiger partial charge in [0.15, 0.2) is 6.54 Å². The number of nitrogens with one attached hydrogen (secondary N) is 2. The van der Waals surface area contributed by atoms with Crippen molar-refractivity contribution in [1.29, 1.82) is 0 Å². The van der Waals surface area contributed by atoms with E-state index in [1.54, 1.807) is 14.2 Å². The second-order valence-corrected chi connectivity index (χ2v) is 4.59. The number of carbonyl (C=O) groups is 1. The molecule has 2 N–H and O–H groups in total. The topological polar surface area (TPSA) is 52.0 Å². The second kappa shape index (κ2) is 8.43. The van der Waals surface area contributed by atoms with E-state index in [2.05, 4.69) is 12.2 Å². The highest BCUT2D eigenvalue weighted by atomic mass is 16.5. The Morgan fingerprint density at radius 3 is 2.55 bits per heavy atom. The van der Waals surface area contributed by atoms with E-state index in [1.165, 1.54) is 4.90 Å². The predicted molar refractivity (Wildman–Crippen MR) is 78.3 cm³/mol. The molecular weight excluding hydrogens is 256 g/mol. The Morgan fingerprint density at radius 2 is 2.00 bits per heavy atom. The Labute approximate surface area is 120 Å². The summed E-state index contributed by atoms with van der Waals surface area (Å²) in [5.41, 5.74) is 1.05. The highest BCUT2D eigenvalue weighted by Crippen LogP contribution is 2.23. The molecule has 0 aliphatic carbocycles. The van der Waals surface area contributed by atoms with E-state index < -0.39 is 0 Å². The first-order valence-electron chi connectivity index (χ1n) is 6.95. The quantitative estimate of drug-likeness (QED) is 0.718. The minimum atomic E-state index is 0.0752. The largest absolute Gasteiger partial charge is 0.497 e. The van der Waals surface area contributed by atoms with Gasteiger partial charge in [0.2, 0.25) is 0 Å². The van der Waals surface area contributed by atoms with Crippen LogP contribution in [-0.4, -0.2) is 39.8 Å². The van der Waals surface area contributed by atoms with Gasteiger partial charge in [0.25, 0.3) is 5.91 Å². The number of methoxy groups -OCH3 is 2. The van der Waals surface area contributed by atoms with Gasteiger partial charge in [-0.15, -0.1) is 0 Å². The Kier molecular flexibility index (Phi) is 6.87. The third-order valence-electron chi connectivity index (χ3n) is 3.21. The maximum atomic E-state index is 11.7. The van der Waals surface area contributed by atoms with Crippen LogP contribution in [-0.2, 0) is 11.3 Å². The maximum absolute atomic E-state index is 11.7. The van der Waals surface area contributed by atoms with Crippen molar-refractivity contribution in [2.24, 2.45) is 0 Å². The number of benzene rings is 1. The fourth-order valence-corrected chi connectivity index (χ4v) is 2.09. The number of amides is 1. The molecule has 1 aromatic rings. The van der Waals surface area contributed by atoms with Gasteiger partial charge in [-0.2, -0.15) is 0 Å². The first-order chi connectivity index (χ1) is 9.64. The van der Waals surface area contributed by atoms with Crippen molar-refractivity contribution in [1.82, 2.24) is 5.32 Å². The lowest BCUT2D eigenvalue weighted by Crippen LogP contribution is -3.11. The monoisotopic (exact) mass is 281 g/mol. The molecule has 1 rings (SSSR count). The Balaban J connectivity index is 2.80. The third-order valence-corrected chi connectivity index (χ3v) is 3.21. The molecule has 5 nitrogen and oxygen atoms in total. The highest BCUT2D eigenvalue weighted by Gasteiger charge is 2.15. The average Bonchev–Trinajstić information content (AvgIpc) is 2.46. The number of rotatable bonds is 8. The molecule has 1 aromatic carbocycles. The summed E-state index contributed by atoms with van der Waals surface area (Å²) in [5.74, 6) is 1.70. The molecule has 0 saturated carbocycles. The van der Waals surface area contributed by atoms with Gasteiger partial charge in [0, 0.05) is 6.54 Å². The minimum absolute atomic E-state index is 0.0752. The number of quaternary nitrogens is 1. The van der Waals surface area contributed by atoms with Gasteiger partial charge in [-0.05, 0) is 32.0 Å². The van der Waals surface area contributed by atoms with Gasteiger partial charge in [0.1, 0.15) is 18.0 Å². The predicted octanol–water partition coefficient (Wildman–Crippen LogP) is 0.245. The molecule has 0 heterocycles. The van der Waals surface area contributed by atoms with Crippen LogP contribution in [0, 0.1) is 0 Å². The van der Waals surface area contributed by atoms with Gasteiger partial charge >= 0.3 is 0 Å². The van der Waals surface area contributed by atoms with Crippen LogP contribution in [0.25, 0.3) is 0 Å². The SMILES string of the molecule is CCNC(=O)C[NH+](CC)Cc1cc(OC)ccc1OC. The zero-order chi connectivity index (χ0) is 15.0. The van der Waals surface area contributed by atoms with Gasteiger partial charge in [0.05, 0.1) is 26.3 Å². The molecule has 0 radical (unpaired) electrons. The summed E-state index contributed by atoms with van der Waals surface area (Å²) in [5, 5.41) is 2.83. The second-order valence-electron chi connectivity index (χ2n) is 4.59. The van der Waals surface area contributed by atoms with E-state index in [4.69, 9.17) is 9.47 Å². The van der Waals surface area contributed by atoms with Crippen molar-refractivity contribution >= 4 is 5.91 Å². The van der Waals surface area contributed by atoms with Crippen LogP contribution < -0.4 is 19.7 Å². The van der Waals surface area contributed by atoms with E-state index >= 15 is 0 Å². The van der Waals surface area contributed by atoms with Crippen molar-refractivity contribution in [3.63, 3.8) is 0 Å². The zero-order valence-corrected chi connectivity index (χ0v) is 12.8. The van der Waals surface area contributed by atoms with Crippen LogP contribution >= 0.6 is 0 Å². The molecule has 0 saturated heterocycles. The van der Waals surface area contributed by atoms with Gasteiger partial charge in [-0.3, -0.25) is 4.79 Å². The summed E-state index contributed by atoms with van der Waals surface area (Å²) >= 11 is 0. The molecule has 1 atom stereocenters. The Hall–Kier alpha value is -1.75. The summed E-state index contributed by atoms with van der Waals surface area (Å²) in [4.78, 5) is 12.9. The Bertz CT molecular complexity index is 435. The van der Waals surface area contributed by atoms with E-state index in [0.29, 0.717) is 13.1 Å². The molecule has 1 amide bonds. The van der Waals surface area contributed by atoms with Crippen molar-refractivity contribution in [2.45, 2.75) is 20.4 Å². The van der Waals surface area contributed by atoms with Gasteiger partial charge in [-0.25, -0.2) is 0 Å². The average molecular weight is 281 g/mol. The number of carbonyl (C=O) groups excluding carboxylic acids is 1. The van der Waals surface area contributed by atoms with Crippen LogP contribution in [0.5, 0.6) is 11.5 Å². The minimum Gasteiger partial charge on any atom is -0.497 e. The maximum Gasteiger partial charge on any atom is 0.275 e. The van der Waals surface area contributed by atoms with Gasteiger partial charge in [-0.1, -0.05) is 0 Å². The fourth-order valence-electron chi connectivity index (χ4n) is 2.09. The van der Waals surface area contributed by atoms with Gasteiger partial charge < -0.3 is 19.7 Å². The van der Waals surface area contributed by atoms with Crippen LogP contribution in [0.4, 0.5) is 0 Å². The smallest absolute Gasteiger partial charge is 0.275 e. The summed E-state index contributed by atoms with van der Waals surface area (Å²) in [6.45, 7) is 6.73. The number of hydrogen-bond acceptors (Lipinski definition) is 3. The summed E-state index contributed by atoms with van der Waals surface area (Å²) < 4.78 is 10.6. The van der Waals surface area contributed by atoms with Crippen molar-refractivity contribution in [3.8, 4) is 11.5 Å². The van der Waals surface area contributed by atoms with Crippen LogP contribution in [0.3, 0.4) is 0 Å². The molecule has 0 fully saturated rings. The number of ether oxygens (including phenoxy) is 2. The van der Waals surface area contributed by atoms with E-state index in [1.807, 2.05) is 25.1 Å². The first kappa shape index (κ1) is 16.3. The van der Waals surface area contributed by atoms with Crippen LogP contribution in [0.2, 0.25) is 0 Å². The molecule has 0 bridgehead atoms. The lowest BCUT2D eigenvalue weighted by molar-refractivity contribution is -0.904. The molecule has 0 aromatic heterocycles. The van der Waals surface area contributed by atoms with E-state index in [0.717, 1.165) is 30.2 Å². The summed E-state index contributed by atoms with van der Waals surface area (Å²) in [6, 6.07) is 5.73. The number of likely N-dealkylation sites (N-methyl/N-ethyl adjacent to an activating group) is 2. The Morgan fingerprint density at radius 1 is 1.25 bits per heavy atom. The molecule has 1 unspecified atom stereocenters. The highest BCUT2D eigenvalue weighted by molar-refractivity contribution is 5.76.